The van der Waals surface area contributed by atoms with Crippen molar-refractivity contribution in [2.45, 2.75) is 79.8 Å². The summed E-state index contributed by atoms with van der Waals surface area (Å²) in [5.74, 6) is -20.1. The van der Waals surface area contributed by atoms with Crippen LogP contribution in [0.3, 0.4) is 0 Å². The van der Waals surface area contributed by atoms with Crippen LogP contribution in [0.1, 0.15) is 55.4 Å². The number of ether oxygens (including phenoxy) is 2. The van der Waals surface area contributed by atoms with Crippen molar-refractivity contribution in [3.8, 4) is 0 Å². The minimum absolute atomic E-state index is 0. The summed E-state index contributed by atoms with van der Waals surface area (Å²) in [6.07, 6.45) is 1.50. The molecule has 0 aliphatic rings. The summed E-state index contributed by atoms with van der Waals surface area (Å²) in [5.41, 5.74) is 0. The summed E-state index contributed by atoms with van der Waals surface area (Å²) in [6.45, 7) is 16.3. The fraction of sp³-hybridized carbons (Fsp3) is 0.500. The molecule has 0 atom stereocenters. The van der Waals surface area contributed by atoms with Crippen LogP contribution in [0.15, 0.2) is 0 Å². The van der Waals surface area contributed by atoms with Gasteiger partial charge in [0.2, 0.25) is 0 Å². The second-order valence-corrected chi connectivity index (χ2v) is 8.99. The average molecular weight is 835 g/mol. The molecule has 0 unspecified atom stereocenters. The Morgan fingerprint density at radius 3 is 0.667 bits per heavy atom. The van der Waals surface area contributed by atoms with E-state index < -0.39 is 68.4 Å². The van der Waals surface area contributed by atoms with Gasteiger partial charge in [-0.25, -0.2) is 45.0 Å². The summed E-state index contributed by atoms with van der Waals surface area (Å²) in [7, 11) is -4.94. The Bertz CT molecular complexity index is 896. The van der Waals surface area contributed by atoms with E-state index in [1.165, 1.54) is 0 Å². The molecule has 6 nitrogen and oxygen atoms in total. The zero-order valence-corrected chi connectivity index (χ0v) is 26.1. The summed E-state index contributed by atoms with van der Waals surface area (Å²) < 4.78 is 164. The zero-order chi connectivity index (χ0) is 33.4. The molecular weight excluding hydrogens is 807 g/mol. The first kappa shape index (κ1) is 47.5. The number of hydrogen-bond donors (Lipinski definition) is 0. The van der Waals surface area contributed by atoms with Crippen molar-refractivity contribution in [2.24, 2.45) is 0 Å². The van der Waals surface area contributed by atoms with Crippen molar-refractivity contribution in [1.29, 1.82) is 0 Å². The maximum atomic E-state index is 12.0. The smallest absolute Gasteiger partial charge is 0.376 e. The molecule has 0 heterocycles. The van der Waals surface area contributed by atoms with Crippen molar-refractivity contribution in [3.63, 3.8) is 0 Å². The molecule has 0 aliphatic carbocycles. The molecule has 2 aromatic rings. The van der Waals surface area contributed by atoms with Gasteiger partial charge in [0.25, 0.3) is 0 Å². The van der Waals surface area contributed by atoms with E-state index in [2.05, 4.69) is 0 Å². The van der Waals surface area contributed by atoms with Gasteiger partial charge in [-0.1, -0.05) is 0 Å². The topological polar surface area (TPSA) is 111 Å². The zero-order valence-electron chi connectivity index (χ0n) is 23.2. The molecule has 0 aromatic heterocycles. The molecule has 0 radical (unpaired) electrons. The van der Waals surface area contributed by atoms with Crippen LogP contribution < -0.4 is 18.6 Å². The summed E-state index contributed by atoms with van der Waals surface area (Å²) in [6, 6.07) is 2.05. The third kappa shape index (κ3) is 25.1. The van der Waals surface area contributed by atoms with Gasteiger partial charge in [-0.3, -0.25) is 17.6 Å². The van der Waals surface area contributed by atoms with Crippen LogP contribution in [-0.4, -0.2) is 24.4 Å². The van der Waals surface area contributed by atoms with E-state index in [1.807, 2.05) is 55.4 Å². The van der Waals surface area contributed by atoms with Gasteiger partial charge >= 0.3 is 22.4 Å². The van der Waals surface area contributed by atoms with Crippen LogP contribution in [0.5, 0.6) is 0 Å². The van der Waals surface area contributed by atoms with E-state index in [-0.39, 0.29) is 22.4 Å². The molecule has 0 amide bonds. The van der Waals surface area contributed by atoms with Crippen LogP contribution in [-0.2, 0) is 31.9 Å². The standard InChI is InChI=1S/2C6F5.2C6H14O.Au.ClHO4/c2*7-2-1-3(8)5(10)6(11)4(2)9;2*1-5(2)7-6(3)4;;2-1(3,4)5/h;;2*5-6H,1-4H3;;(H,2,3,4,5)/q2*-1;;;+3;/p-1. The molecule has 18 heteroatoms. The monoisotopic (exact) mass is 834 g/mol. The van der Waals surface area contributed by atoms with Gasteiger partial charge in [0.15, 0.2) is 0 Å². The number of benzene rings is 2. The molecule has 0 saturated carbocycles. The SMILES string of the molecule is CC(C)OC(C)C.CC(C)OC(C)C.Fc1[c-]c(F)c(F)c(F)c1F.Fc1[c-]c(F)c(F)c(F)c1F.[Au+3].[O-][Cl+3]([O-])([O-])[O-]. The average Bonchev–Trinajstić information content (AvgIpc) is 2.77. The van der Waals surface area contributed by atoms with E-state index in [0.717, 1.165) is 12.1 Å². The van der Waals surface area contributed by atoms with Crippen LogP contribution >= 0.6 is 0 Å². The minimum Gasteiger partial charge on any atom is -0.376 e. The number of rotatable bonds is 4. The second kappa shape index (κ2) is 23.0. The van der Waals surface area contributed by atoms with Crippen molar-refractivity contribution in [2.75, 3.05) is 0 Å². The van der Waals surface area contributed by atoms with Crippen LogP contribution in [0.25, 0.3) is 0 Å². The van der Waals surface area contributed by atoms with Crippen LogP contribution in [0, 0.1) is 80.5 Å². The van der Waals surface area contributed by atoms with E-state index >= 15 is 0 Å². The van der Waals surface area contributed by atoms with Crippen molar-refractivity contribution in [3.05, 3.63) is 70.3 Å². The molecule has 2 rings (SSSR count). The minimum atomic E-state index is -4.94. The number of hydrogen-bond acceptors (Lipinski definition) is 6. The van der Waals surface area contributed by atoms with E-state index in [0.29, 0.717) is 24.4 Å². The molecular formula is C24H28AuClF10O6. The van der Waals surface area contributed by atoms with Gasteiger partial charge in [0.05, 0.1) is 82.6 Å². The molecule has 0 aliphatic heterocycles. The number of halogens is 11. The van der Waals surface area contributed by atoms with Crippen molar-refractivity contribution in [1.82, 2.24) is 0 Å². The third-order valence-corrected chi connectivity index (χ3v) is 3.07. The molecule has 0 N–H and O–H groups in total. The first-order valence-electron chi connectivity index (χ1n) is 11.1. The largest absolute Gasteiger partial charge is 3.00 e. The van der Waals surface area contributed by atoms with E-state index in [9.17, 15) is 43.9 Å². The molecule has 2 aromatic carbocycles. The van der Waals surface area contributed by atoms with Gasteiger partial charge in [-0.15, -0.1) is 22.4 Å². The molecule has 248 valence electrons. The fourth-order valence-electron chi connectivity index (χ4n) is 2.08. The second-order valence-electron chi connectivity index (χ2n) is 8.23. The first-order valence-corrected chi connectivity index (χ1v) is 12.3. The third-order valence-electron chi connectivity index (χ3n) is 3.07. The van der Waals surface area contributed by atoms with E-state index in [1.54, 1.807) is 0 Å². The van der Waals surface area contributed by atoms with Crippen LogP contribution in [0.4, 0.5) is 43.9 Å². The molecule has 0 saturated heterocycles. The molecule has 0 bridgehead atoms. The maximum absolute atomic E-state index is 12.0. The predicted octanol–water partition coefficient (Wildman–Crippen LogP) is 3.25. The Kier molecular flexibility index (Phi) is 26.0. The van der Waals surface area contributed by atoms with Gasteiger partial charge in [0, 0.05) is 0 Å². The molecule has 42 heavy (non-hydrogen) atoms. The van der Waals surface area contributed by atoms with E-state index in [4.69, 9.17) is 28.1 Å². The van der Waals surface area contributed by atoms with Gasteiger partial charge < -0.3 is 9.47 Å². The fourth-order valence-corrected chi connectivity index (χ4v) is 2.08. The maximum Gasteiger partial charge on any atom is 3.00 e. The van der Waals surface area contributed by atoms with Gasteiger partial charge in [-0.2, -0.15) is 0 Å². The molecule has 0 fully saturated rings. The summed E-state index contributed by atoms with van der Waals surface area (Å²) in [4.78, 5) is 0. The normalized spacial score (nSPS) is 10.5. The van der Waals surface area contributed by atoms with Crippen LogP contribution in [0.2, 0.25) is 0 Å². The quantitative estimate of drug-likeness (QED) is 0.154. The molecule has 0 spiro atoms. The Labute approximate surface area is 254 Å². The van der Waals surface area contributed by atoms with Gasteiger partial charge in [0.1, 0.15) is 0 Å². The summed E-state index contributed by atoms with van der Waals surface area (Å²) in [5, 5.41) is 0. The summed E-state index contributed by atoms with van der Waals surface area (Å²) >= 11 is 0. The Morgan fingerprint density at radius 2 is 0.571 bits per heavy atom. The Hall–Kier alpha value is -1.47. The first-order chi connectivity index (χ1) is 18.3. The van der Waals surface area contributed by atoms with Crippen molar-refractivity contribution < 1.29 is 105 Å². The van der Waals surface area contributed by atoms with Crippen molar-refractivity contribution >= 4 is 0 Å². The Morgan fingerprint density at radius 1 is 0.429 bits per heavy atom. The predicted molar refractivity (Wildman–Crippen MR) is 113 cm³/mol. The Balaban J connectivity index is -0.000000221. The van der Waals surface area contributed by atoms with Gasteiger partial charge in [-0.05, 0) is 55.4 Å².